The summed E-state index contributed by atoms with van der Waals surface area (Å²) in [5.41, 5.74) is -1.49. The minimum Gasteiger partial charge on any atom is -0.459 e. The summed E-state index contributed by atoms with van der Waals surface area (Å²) in [6.07, 6.45) is 0. The smallest absolute Gasteiger partial charge is 0.326 e. The fraction of sp³-hybridized carbons (Fsp3) is 0.714. The molecule has 0 aliphatic rings. The molecule has 0 amide bonds. The summed E-state index contributed by atoms with van der Waals surface area (Å²) in [5.74, 6) is -1.82. The number of benzene rings is 1. The lowest BCUT2D eigenvalue weighted by Crippen LogP contribution is -2.48. The lowest BCUT2D eigenvalue weighted by Gasteiger charge is -2.32. The van der Waals surface area contributed by atoms with E-state index < -0.39 is 45.3 Å². The highest BCUT2D eigenvalue weighted by molar-refractivity contribution is 7.86. The minimum atomic E-state index is -4.36. The van der Waals surface area contributed by atoms with Crippen LogP contribution in [-0.4, -0.2) is 38.2 Å². The molecule has 0 radical (unpaired) electrons. The van der Waals surface area contributed by atoms with E-state index in [1.54, 1.807) is 41.5 Å². The van der Waals surface area contributed by atoms with Crippen molar-refractivity contribution in [3.05, 3.63) is 28.8 Å². The van der Waals surface area contributed by atoms with Crippen LogP contribution in [0.2, 0.25) is 0 Å². The van der Waals surface area contributed by atoms with Gasteiger partial charge in [0.2, 0.25) is 0 Å². The van der Waals surface area contributed by atoms with Crippen LogP contribution in [0, 0.1) is 5.41 Å². The van der Waals surface area contributed by atoms with Gasteiger partial charge in [-0.15, -0.1) is 0 Å². The number of carbonyl (C=O) groups is 2. The summed E-state index contributed by atoms with van der Waals surface area (Å²) in [4.78, 5) is 26.4. The van der Waals surface area contributed by atoms with Crippen molar-refractivity contribution in [2.75, 3.05) is 6.61 Å². The summed E-state index contributed by atoms with van der Waals surface area (Å²) in [6, 6.07) is 3.80. The Labute approximate surface area is 218 Å². The maximum atomic E-state index is 13.7. The zero-order valence-corrected chi connectivity index (χ0v) is 25.2. The molecular weight excluding hydrogens is 480 g/mol. The fourth-order valence-electron chi connectivity index (χ4n) is 3.42. The monoisotopic (exact) mass is 526 g/mol. The zero-order valence-electron chi connectivity index (χ0n) is 24.4. The molecule has 206 valence electrons. The molecule has 0 N–H and O–H groups in total. The van der Waals surface area contributed by atoms with E-state index in [1.165, 1.54) is 6.92 Å². The van der Waals surface area contributed by atoms with Gasteiger partial charge in [0.1, 0.15) is 16.1 Å². The standard InChI is InChI=1S/C28H46O7S/c1-17(2)20-14-21(18(3)4)23(22(15-20)19(5)6)36(31,32)33-16-28(13,24(29)34-26(7,8)9)25(30)35-27(10,11)12/h14-15,17-19H,16H2,1-13H3. The van der Waals surface area contributed by atoms with Crippen LogP contribution in [0.3, 0.4) is 0 Å². The molecule has 0 saturated carbocycles. The zero-order chi connectivity index (χ0) is 28.4. The Morgan fingerprint density at radius 1 is 0.722 bits per heavy atom. The molecule has 0 unspecified atom stereocenters. The maximum Gasteiger partial charge on any atom is 0.326 e. The van der Waals surface area contributed by atoms with Gasteiger partial charge in [0.15, 0.2) is 5.41 Å². The third-order valence-corrected chi connectivity index (χ3v) is 6.93. The Bertz CT molecular complexity index is 995. The Balaban J connectivity index is 3.62. The highest BCUT2D eigenvalue weighted by atomic mass is 32.2. The van der Waals surface area contributed by atoms with Crippen LogP contribution in [0.5, 0.6) is 0 Å². The van der Waals surface area contributed by atoms with Crippen LogP contribution in [0.25, 0.3) is 0 Å². The average Bonchev–Trinajstić information content (AvgIpc) is 2.68. The SMILES string of the molecule is CC(C)c1cc(C(C)C)c(S(=O)(=O)OCC(C)(C(=O)OC(C)(C)C)C(=O)OC(C)(C)C)c(C(C)C)c1. The van der Waals surface area contributed by atoms with Crippen LogP contribution in [-0.2, 0) is 33.4 Å². The Morgan fingerprint density at radius 2 is 1.08 bits per heavy atom. The largest absolute Gasteiger partial charge is 0.459 e. The topological polar surface area (TPSA) is 96.0 Å². The summed E-state index contributed by atoms with van der Waals surface area (Å²) in [6.45, 7) is 22.3. The highest BCUT2D eigenvalue weighted by Crippen LogP contribution is 2.37. The van der Waals surface area contributed by atoms with E-state index >= 15 is 0 Å². The molecule has 1 aromatic rings. The molecule has 0 aliphatic carbocycles. The third-order valence-electron chi connectivity index (χ3n) is 5.53. The summed E-state index contributed by atoms with van der Waals surface area (Å²) in [7, 11) is -4.36. The van der Waals surface area contributed by atoms with Crippen molar-refractivity contribution in [2.45, 2.75) is 124 Å². The van der Waals surface area contributed by atoms with Crippen molar-refractivity contribution >= 4 is 22.1 Å². The Hall–Kier alpha value is -1.93. The molecule has 0 aliphatic heterocycles. The second-order valence-corrected chi connectivity index (χ2v) is 14.1. The van der Waals surface area contributed by atoms with Gasteiger partial charge in [-0.1, -0.05) is 53.7 Å². The fourth-order valence-corrected chi connectivity index (χ4v) is 5.09. The molecule has 0 atom stereocenters. The van der Waals surface area contributed by atoms with Crippen LogP contribution in [0.4, 0.5) is 0 Å². The van der Waals surface area contributed by atoms with Crippen molar-refractivity contribution in [3.63, 3.8) is 0 Å². The number of hydrogen-bond donors (Lipinski definition) is 0. The molecule has 36 heavy (non-hydrogen) atoms. The van der Waals surface area contributed by atoms with Gasteiger partial charge in [-0.25, -0.2) is 0 Å². The minimum absolute atomic E-state index is 0.0904. The van der Waals surface area contributed by atoms with Gasteiger partial charge in [0.25, 0.3) is 10.1 Å². The van der Waals surface area contributed by atoms with Crippen molar-refractivity contribution in [1.29, 1.82) is 0 Å². The van der Waals surface area contributed by atoms with Gasteiger partial charge in [0, 0.05) is 0 Å². The van der Waals surface area contributed by atoms with E-state index in [4.69, 9.17) is 13.7 Å². The van der Waals surface area contributed by atoms with E-state index in [1.807, 2.05) is 39.8 Å². The first-order valence-electron chi connectivity index (χ1n) is 12.6. The van der Waals surface area contributed by atoms with E-state index in [9.17, 15) is 18.0 Å². The molecule has 0 bridgehead atoms. The highest BCUT2D eigenvalue weighted by Gasteiger charge is 2.49. The molecule has 0 heterocycles. The van der Waals surface area contributed by atoms with Crippen molar-refractivity contribution in [2.24, 2.45) is 5.41 Å². The summed E-state index contributed by atoms with van der Waals surface area (Å²) in [5, 5.41) is 0. The first kappa shape index (κ1) is 32.1. The molecule has 1 aromatic carbocycles. The number of ether oxygens (including phenoxy) is 2. The van der Waals surface area contributed by atoms with Crippen molar-refractivity contribution in [1.82, 2.24) is 0 Å². The second kappa shape index (κ2) is 11.2. The predicted octanol–water partition coefficient (Wildman–Crippen LogP) is 6.45. The lowest BCUT2D eigenvalue weighted by atomic mass is 9.89. The van der Waals surface area contributed by atoms with E-state index in [2.05, 4.69) is 13.8 Å². The number of hydrogen-bond acceptors (Lipinski definition) is 7. The van der Waals surface area contributed by atoms with Crippen LogP contribution >= 0.6 is 0 Å². The summed E-state index contributed by atoms with van der Waals surface area (Å²) >= 11 is 0. The van der Waals surface area contributed by atoms with Gasteiger partial charge in [0.05, 0.1) is 6.61 Å². The van der Waals surface area contributed by atoms with Crippen LogP contribution in [0.1, 0.15) is 124 Å². The van der Waals surface area contributed by atoms with Crippen LogP contribution < -0.4 is 0 Å². The average molecular weight is 527 g/mol. The molecule has 8 heteroatoms. The van der Waals surface area contributed by atoms with Crippen molar-refractivity contribution < 1.29 is 31.7 Å². The summed E-state index contributed by atoms with van der Waals surface area (Å²) < 4.78 is 43.8. The Kier molecular flexibility index (Phi) is 10.00. The normalized spacial score (nSPS) is 13.4. The molecule has 0 saturated heterocycles. The number of esters is 2. The van der Waals surface area contributed by atoms with Gasteiger partial charge >= 0.3 is 11.9 Å². The lowest BCUT2D eigenvalue weighted by molar-refractivity contribution is -0.185. The predicted molar refractivity (Wildman–Crippen MR) is 142 cm³/mol. The Morgan fingerprint density at radius 3 is 1.36 bits per heavy atom. The second-order valence-electron chi connectivity index (χ2n) is 12.5. The molecule has 1 rings (SSSR count). The van der Waals surface area contributed by atoms with E-state index in [0.717, 1.165) is 5.56 Å². The van der Waals surface area contributed by atoms with E-state index in [0.29, 0.717) is 11.1 Å². The van der Waals surface area contributed by atoms with E-state index in [-0.39, 0.29) is 22.6 Å². The van der Waals surface area contributed by atoms with Gasteiger partial charge < -0.3 is 9.47 Å². The first-order valence-corrected chi connectivity index (χ1v) is 14.0. The first-order chi connectivity index (χ1) is 16.0. The van der Waals surface area contributed by atoms with Gasteiger partial charge in [-0.2, -0.15) is 8.42 Å². The number of rotatable bonds is 9. The molecule has 0 aromatic heterocycles. The molecular formula is C28H46O7S. The van der Waals surface area contributed by atoms with Crippen LogP contribution in [0.15, 0.2) is 17.0 Å². The quantitative estimate of drug-likeness (QED) is 0.207. The maximum absolute atomic E-state index is 13.7. The van der Waals surface area contributed by atoms with Gasteiger partial charge in [-0.3, -0.25) is 13.8 Å². The molecule has 7 nitrogen and oxygen atoms in total. The third kappa shape index (κ3) is 8.30. The molecule has 0 spiro atoms. The molecule has 0 fully saturated rings. The van der Waals surface area contributed by atoms with Gasteiger partial charge in [-0.05, 0) is 82.9 Å². The van der Waals surface area contributed by atoms with Crippen molar-refractivity contribution in [3.8, 4) is 0 Å². The number of carbonyl (C=O) groups excluding carboxylic acids is 2.